The lowest BCUT2D eigenvalue weighted by Crippen LogP contribution is -2.70. The summed E-state index contributed by atoms with van der Waals surface area (Å²) in [6, 6.07) is 5.19. The van der Waals surface area contributed by atoms with Crippen LogP contribution in [0.15, 0.2) is 24.4 Å². The van der Waals surface area contributed by atoms with Crippen molar-refractivity contribution < 1.29 is 9.59 Å². The maximum Gasteiger partial charge on any atom is 0.244 e. The molecule has 3 saturated carbocycles. The van der Waals surface area contributed by atoms with Gasteiger partial charge in [0, 0.05) is 16.6 Å². The van der Waals surface area contributed by atoms with Gasteiger partial charge in [-0.3, -0.25) is 19.5 Å². The summed E-state index contributed by atoms with van der Waals surface area (Å²) < 4.78 is 0. The van der Waals surface area contributed by atoms with Crippen molar-refractivity contribution in [3.63, 3.8) is 0 Å². The molecule has 172 valence electrons. The Labute approximate surface area is 198 Å². The average molecular weight is 475 g/mol. The van der Waals surface area contributed by atoms with Crippen LogP contribution in [-0.4, -0.2) is 28.9 Å². The number of thiophene rings is 1. The van der Waals surface area contributed by atoms with Gasteiger partial charge in [0.05, 0.1) is 27.4 Å². The second-order valence-corrected chi connectivity index (χ2v) is 11.9. The van der Waals surface area contributed by atoms with E-state index in [0.29, 0.717) is 5.02 Å². The molecule has 8 heteroatoms. The summed E-state index contributed by atoms with van der Waals surface area (Å²) in [5.74, 6) is 0.710. The third kappa shape index (κ3) is 4.37. The van der Waals surface area contributed by atoms with Crippen molar-refractivity contribution in [1.82, 2.24) is 10.3 Å². The van der Waals surface area contributed by atoms with E-state index in [2.05, 4.69) is 22.5 Å². The number of aromatic nitrogens is 1. The molecule has 2 atom stereocenters. The normalized spacial score (nSPS) is 23.4. The molecule has 0 spiro atoms. The number of pyridine rings is 1. The molecule has 2 bridgehead atoms. The Balaban J connectivity index is 1.53. The summed E-state index contributed by atoms with van der Waals surface area (Å²) in [5.41, 5.74) is 1.30. The van der Waals surface area contributed by atoms with Gasteiger partial charge in [-0.15, -0.1) is 11.3 Å². The average Bonchev–Trinajstić information content (AvgIpc) is 3.13. The molecule has 3 fully saturated rings. The minimum atomic E-state index is -0.580. The molecule has 2 N–H and O–H groups in total. The van der Waals surface area contributed by atoms with Gasteiger partial charge >= 0.3 is 0 Å². The molecule has 32 heavy (non-hydrogen) atoms. The van der Waals surface area contributed by atoms with E-state index in [1.54, 1.807) is 11.1 Å². The molecule has 2 heterocycles. The summed E-state index contributed by atoms with van der Waals surface area (Å²) in [5, 5.41) is 8.04. The van der Waals surface area contributed by atoms with Crippen molar-refractivity contribution in [3.8, 4) is 0 Å². The predicted molar refractivity (Wildman–Crippen MR) is 130 cm³/mol. The molecule has 6 nitrogen and oxygen atoms in total. The van der Waals surface area contributed by atoms with Gasteiger partial charge in [-0.05, 0) is 62.6 Å². The first-order chi connectivity index (χ1) is 15.0. The lowest BCUT2D eigenvalue weighted by Gasteiger charge is -2.62. The molecule has 0 aromatic carbocycles. The van der Waals surface area contributed by atoms with E-state index < -0.39 is 11.5 Å². The SMILES string of the molecule is Cc1ncc(Cl)cc1N[C@@H](C)c1ccc(N(C=O)[C@@H](C(=O)NC23CC(C2)C3)C(C)(C)C)s1. The van der Waals surface area contributed by atoms with Crippen molar-refractivity contribution in [3.05, 3.63) is 40.0 Å². The monoisotopic (exact) mass is 474 g/mol. The molecule has 5 rings (SSSR count). The summed E-state index contributed by atoms with van der Waals surface area (Å²) in [4.78, 5) is 32.5. The highest BCUT2D eigenvalue weighted by atomic mass is 35.5. The first kappa shape index (κ1) is 23.1. The number of aryl methyl sites for hydroxylation is 1. The van der Waals surface area contributed by atoms with Crippen molar-refractivity contribution in [2.75, 3.05) is 10.2 Å². The Morgan fingerprint density at radius 2 is 2.03 bits per heavy atom. The van der Waals surface area contributed by atoms with E-state index in [-0.39, 0.29) is 17.5 Å². The van der Waals surface area contributed by atoms with Crippen molar-refractivity contribution in [2.45, 2.75) is 71.5 Å². The fourth-order valence-corrected chi connectivity index (χ4v) is 5.97. The zero-order valence-electron chi connectivity index (χ0n) is 19.2. The molecule has 2 aromatic rings. The number of carbonyl (C=O) groups is 2. The topological polar surface area (TPSA) is 74.3 Å². The quantitative estimate of drug-likeness (QED) is 0.507. The van der Waals surface area contributed by atoms with Gasteiger partial charge in [-0.2, -0.15) is 0 Å². The molecular weight excluding hydrogens is 444 g/mol. The van der Waals surface area contributed by atoms with Gasteiger partial charge in [-0.1, -0.05) is 32.4 Å². The van der Waals surface area contributed by atoms with Crippen LogP contribution < -0.4 is 15.5 Å². The minimum absolute atomic E-state index is 0.0103. The maximum atomic E-state index is 13.3. The Kier molecular flexibility index (Phi) is 6.01. The number of carbonyl (C=O) groups excluding carboxylic acids is 2. The van der Waals surface area contributed by atoms with E-state index in [4.69, 9.17) is 11.6 Å². The maximum absolute atomic E-state index is 13.3. The van der Waals surface area contributed by atoms with E-state index in [1.807, 2.05) is 45.9 Å². The van der Waals surface area contributed by atoms with Crippen LogP contribution in [0.2, 0.25) is 5.02 Å². The molecule has 0 saturated heterocycles. The van der Waals surface area contributed by atoms with Crippen LogP contribution in [0.1, 0.15) is 63.6 Å². The van der Waals surface area contributed by atoms with Gasteiger partial charge in [-0.25, -0.2) is 0 Å². The van der Waals surface area contributed by atoms with Gasteiger partial charge in [0.1, 0.15) is 6.04 Å². The zero-order valence-corrected chi connectivity index (χ0v) is 20.8. The summed E-state index contributed by atoms with van der Waals surface area (Å²) in [7, 11) is 0. The van der Waals surface area contributed by atoms with Crippen molar-refractivity contribution in [1.29, 1.82) is 0 Å². The molecule has 0 aliphatic heterocycles. The summed E-state index contributed by atoms with van der Waals surface area (Å²) in [6.07, 6.45) is 5.63. The number of amides is 2. The third-order valence-electron chi connectivity index (χ3n) is 6.61. The summed E-state index contributed by atoms with van der Waals surface area (Å²) in [6.45, 7) is 9.99. The molecule has 2 amide bonds. The molecule has 3 aliphatic rings. The van der Waals surface area contributed by atoms with Crippen molar-refractivity contribution >= 4 is 45.9 Å². The highest BCUT2D eigenvalue weighted by molar-refractivity contribution is 7.16. The smallest absolute Gasteiger partial charge is 0.244 e. The van der Waals surface area contributed by atoms with Crippen LogP contribution in [-0.2, 0) is 9.59 Å². The fraction of sp³-hybridized carbons (Fsp3) is 0.542. The number of halogens is 1. The van der Waals surface area contributed by atoms with Crippen molar-refractivity contribution in [2.24, 2.45) is 11.3 Å². The summed E-state index contributed by atoms with van der Waals surface area (Å²) >= 11 is 7.61. The molecule has 3 aliphatic carbocycles. The van der Waals surface area contributed by atoms with Crippen LogP contribution in [0, 0.1) is 18.3 Å². The highest BCUT2D eigenvalue weighted by Gasteiger charge is 2.58. The lowest BCUT2D eigenvalue weighted by molar-refractivity contribution is -0.137. The van der Waals surface area contributed by atoms with E-state index >= 15 is 0 Å². The van der Waals surface area contributed by atoms with Crippen LogP contribution in [0.25, 0.3) is 0 Å². The molecular formula is C24H31ClN4O2S. The molecule has 0 unspecified atom stereocenters. The van der Waals surface area contributed by atoms with E-state index in [9.17, 15) is 9.59 Å². The number of anilines is 2. The van der Waals surface area contributed by atoms with Crippen LogP contribution in [0.4, 0.5) is 10.7 Å². The number of nitrogens with zero attached hydrogens (tertiary/aromatic N) is 2. The first-order valence-electron chi connectivity index (χ1n) is 11.1. The van der Waals surface area contributed by atoms with Crippen LogP contribution in [0.5, 0.6) is 0 Å². The lowest BCUT2D eigenvalue weighted by atomic mass is 9.50. The standard InChI is InChI=1S/C24H31ClN4O2S/c1-14-18(8-17(25)12-26-14)27-15(2)19-6-7-20(32-19)29(13-30)21(23(3,4)5)22(31)28-24-9-16(10-24)11-24/h6-8,12-13,15-16,21,27H,9-11H2,1-5H3,(H,28,31)/t15-,16?,21-,24?/m0/s1. The Hall–Kier alpha value is -2.12. The Morgan fingerprint density at radius 3 is 2.59 bits per heavy atom. The molecule has 2 aromatic heterocycles. The number of hydrogen-bond acceptors (Lipinski definition) is 5. The zero-order chi connectivity index (χ0) is 23.3. The van der Waals surface area contributed by atoms with Gasteiger partial charge < -0.3 is 10.6 Å². The number of nitrogens with one attached hydrogen (secondary N) is 2. The van der Waals surface area contributed by atoms with E-state index in [0.717, 1.165) is 52.9 Å². The Bertz CT molecular complexity index is 1010. The second kappa shape index (κ2) is 8.34. The first-order valence-corrected chi connectivity index (χ1v) is 12.2. The Morgan fingerprint density at radius 1 is 1.34 bits per heavy atom. The fourth-order valence-electron chi connectivity index (χ4n) is 4.81. The van der Waals surface area contributed by atoms with Crippen LogP contribution >= 0.6 is 22.9 Å². The van der Waals surface area contributed by atoms with Gasteiger partial charge in [0.2, 0.25) is 12.3 Å². The number of rotatable bonds is 8. The van der Waals surface area contributed by atoms with Gasteiger partial charge in [0.25, 0.3) is 0 Å². The molecule has 0 radical (unpaired) electrons. The minimum Gasteiger partial charge on any atom is -0.376 e. The number of hydrogen-bond donors (Lipinski definition) is 2. The predicted octanol–water partition coefficient (Wildman–Crippen LogP) is 5.32. The van der Waals surface area contributed by atoms with E-state index in [1.165, 1.54) is 11.3 Å². The van der Waals surface area contributed by atoms with Crippen LogP contribution in [0.3, 0.4) is 0 Å². The van der Waals surface area contributed by atoms with Gasteiger partial charge in [0.15, 0.2) is 0 Å². The third-order valence-corrected chi connectivity index (χ3v) is 8.09. The second-order valence-electron chi connectivity index (χ2n) is 10.4. The highest BCUT2D eigenvalue weighted by Crippen LogP contribution is 2.57. The largest absolute Gasteiger partial charge is 0.376 e.